The minimum atomic E-state index is -0.958. The van der Waals surface area contributed by atoms with Crippen LogP contribution in [-0.4, -0.2) is 106 Å². The highest BCUT2D eigenvalue weighted by Gasteiger charge is 2.53. The number of piperazine rings is 1. The first-order chi connectivity index (χ1) is 27.3. The van der Waals surface area contributed by atoms with Crippen LogP contribution in [0.25, 0.3) is 32.9 Å². The normalized spacial score (nSPS) is 26.7. The molecule has 11 nitrogen and oxygen atoms in total. The monoisotopic (exact) mass is 784 g/mol. The number of terminal acetylenes is 1. The Balaban J connectivity index is 1.23. The van der Waals surface area contributed by atoms with E-state index in [1.165, 1.54) is 13.2 Å². The predicted octanol–water partition coefficient (Wildman–Crippen LogP) is 7.19. The molecule has 6 atom stereocenters. The Kier molecular flexibility index (Phi) is 9.19. The molecule has 0 spiro atoms. The topological polar surface area (TPSA) is 102 Å². The van der Waals surface area contributed by atoms with E-state index in [0.29, 0.717) is 59.4 Å². The van der Waals surface area contributed by atoms with Gasteiger partial charge in [0.1, 0.15) is 47.0 Å². The van der Waals surface area contributed by atoms with Gasteiger partial charge in [-0.2, -0.15) is 9.97 Å². The molecule has 57 heavy (non-hydrogen) atoms. The number of amides is 1. The van der Waals surface area contributed by atoms with Gasteiger partial charge in [-0.15, -0.1) is 6.42 Å². The number of nitrogens with zero attached hydrogens (tertiary/aromatic N) is 6. The molecule has 14 heteroatoms. The van der Waals surface area contributed by atoms with Crippen LogP contribution in [0.5, 0.6) is 11.8 Å². The maximum atomic E-state index is 17.7. The first kappa shape index (κ1) is 37.7. The molecule has 5 aliphatic rings. The summed E-state index contributed by atoms with van der Waals surface area (Å²) >= 11 is 0. The van der Waals surface area contributed by atoms with Crippen LogP contribution in [0.4, 0.5) is 23.8 Å². The van der Waals surface area contributed by atoms with Gasteiger partial charge in [-0.25, -0.2) is 22.9 Å². The van der Waals surface area contributed by atoms with Crippen molar-refractivity contribution in [3.05, 3.63) is 47.2 Å². The van der Waals surface area contributed by atoms with E-state index in [2.05, 4.69) is 22.6 Å². The van der Waals surface area contributed by atoms with Crippen molar-refractivity contribution in [2.24, 2.45) is 5.92 Å². The predicted molar refractivity (Wildman–Crippen MR) is 208 cm³/mol. The molecule has 2 aromatic carbocycles. The van der Waals surface area contributed by atoms with Crippen molar-refractivity contribution in [3.8, 4) is 35.4 Å². The van der Waals surface area contributed by atoms with Crippen molar-refractivity contribution in [1.82, 2.24) is 24.8 Å². The molecule has 0 N–H and O–H groups in total. The van der Waals surface area contributed by atoms with Crippen LogP contribution >= 0.6 is 0 Å². The van der Waals surface area contributed by atoms with E-state index in [1.807, 2.05) is 25.7 Å². The Morgan fingerprint density at radius 1 is 1.09 bits per heavy atom. The zero-order chi connectivity index (χ0) is 40.0. The van der Waals surface area contributed by atoms with Crippen LogP contribution in [0.15, 0.2) is 24.3 Å². The maximum absolute atomic E-state index is 17.7. The van der Waals surface area contributed by atoms with Crippen molar-refractivity contribution in [1.29, 1.82) is 0 Å². The van der Waals surface area contributed by atoms with Crippen LogP contribution in [-0.2, 0) is 15.9 Å². The number of aromatic nitrogens is 3. The lowest BCUT2D eigenvalue weighted by Crippen LogP contribution is -2.63. The van der Waals surface area contributed by atoms with E-state index in [1.54, 1.807) is 18.2 Å². The Morgan fingerprint density at radius 3 is 2.68 bits per heavy atom. The van der Waals surface area contributed by atoms with Crippen molar-refractivity contribution >= 4 is 33.6 Å². The van der Waals surface area contributed by atoms with E-state index in [0.717, 1.165) is 32.2 Å². The zero-order valence-electron chi connectivity index (χ0n) is 32.9. The van der Waals surface area contributed by atoms with Crippen LogP contribution in [0, 0.1) is 29.9 Å². The van der Waals surface area contributed by atoms with Gasteiger partial charge in [-0.05, 0) is 88.9 Å². The molecule has 4 saturated heterocycles. The Hall–Kier alpha value is -4.87. The molecule has 9 rings (SSSR count). The summed E-state index contributed by atoms with van der Waals surface area (Å²) in [5, 5.41) is 1.28. The molecule has 4 aromatic rings. The summed E-state index contributed by atoms with van der Waals surface area (Å²) in [4.78, 5) is 34.8. The van der Waals surface area contributed by atoms with Gasteiger partial charge in [0.15, 0.2) is 12.6 Å². The number of rotatable bonds is 7. The highest BCUT2D eigenvalue weighted by Crippen LogP contribution is 2.48. The third-order valence-corrected chi connectivity index (χ3v) is 12.5. The number of anilines is 1. The number of carbonyl (C=O) groups excluding carboxylic acids is 1. The average molecular weight is 785 g/mol. The maximum Gasteiger partial charge on any atom is 0.410 e. The third kappa shape index (κ3) is 6.29. The second-order valence-electron chi connectivity index (χ2n) is 17.3. The number of alkyl halides is 1. The first-order valence-electron chi connectivity index (χ1n) is 19.8. The third-order valence-electron chi connectivity index (χ3n) is 12.5. The lowest BCUT2D eigenvalue weighted by molar-refractivity contribution is 0.00489. The molecule has 0 aliphatic carbocycles. The minimum absolute atomic E-state index is 0.00430. The summed E-state index contributed by atoms with van der Waals surface area (Å²) in [6.45, 7) is 9.33. The van der Waals surface area contributed by atoms with E-state index in [4.69, 9.17) is 40.3 Å². The Bertz CT molecular complexity index is 2330. The number of hydrogen-bond donors (Lipinski definition) is 0. The molecule has 0 radical (unpaired) electrons. The van der Waals surface area contributed by atoms with Gasteiger partial charge in [-0.1, -0.05) is 18.9 Å². The van der Waals surface area contributed by atoms with Gasteiger partial charge in [0, 0.05) is 37.6 Å². The summed E-state index contributed by atoms with van der Waals surface area (Å²) in [5.41, 5.74) is -0.501. The van der Waals surface area contributed by atoms with Crippen LogP contribution in [0.3, 0.4) is 0 Å². The number of fused-ring (bicyclic) bond motifs is 7. The molecular formula is C43H47F3N6O5. The molecule has 4 fully saturated rings. The fourth-order valence-electron chi connectivity index (χ4n) is 10.3. The molecule has 5 aliphatic heterocycles. The number of ether oxygens (including phenoxy) is 4. The summed E-state index contributed by atoms with van der Waals surface area (Å²) in [7, 11) is 1.49. The molecule has 1 amide bonds. The smallest absolute Gasteiger partial charge is 0.410 e. The van der Waals surface area contributed by atoms with Crippen LogP contribution in [0.2, 0.25) is 0 Å². The molecule has 2 aromatic heterocycles. The summed E-state index contributed by atoms with van der Waals surface area (Å²) in [6.07, 6.45) is 8.57. The van der Waals surface area contributed by atoms with Gasteiger partial charge in [-0.3, -0.25) is 9.80 Å². The molecule has 0 saturated carbocycles. The van der Waals surface area contributed by atoms with Gasteiger partial charge >= 0.3 is 12.1 Å². The minimum Gasteiger partial charge on any atom is -0.468 e. The van der Waals surface area contributed by atoms with Crippen molar-refractivity contribution in [3.63, 3.8) is 0 Å². The van der Waals surface area contributed by atoms with Gasteiger partial charge in [0.05, 0.1) is 40.3 Å². The summed E-state index contributed by atoms with van der Waals surface area (Å²) < 4.78 is 71.2. The number of halogens is 3. The quantitative estimate of drug-likeness (QED) is 0.141. The average Bonchev–Trinajstić information content (AvgIpc) is 3.78. The molecule has 300 valence electrons. The number of pyridine rings is 1. The lowest BCUT2D eigenvalue weighted by atomic mass is 9.88. The van der Waals surface area contributed by atoms with E-state index in [-0.39, 0.29) is 71.9 Å². The fourth-order valence-corrected chi connectivity index (χ4v) is 10.3. The van der Waals surface area contributed by atoms with Crippen molar-refractivity contribution in [2.75, 3.05) is 45.0 Å². The van der Waals surface area contributed by atoms with Crippen LogP contribution in [0.1, 0.15) is 71.1 Å². The number of methoxy groups -OCH3 is 1. The molecule has 0 unspecified atom stereocenters. The second-order valence-corrected chi connectivity index (χ2v) is 17.3. The highest BCUT2D eigenvalue weighted by atomic mass is 19.1. The molecular weight excluding hydrogens is 738 g/mol. The second kappa shape index (κ2) is 13.9. The SMILES string of the molecule is C#Cc1c(F)ccc2cc(OCOC)cc(-c3nc4c5c(nc(OC[C@@]67CCCN6C[C@H](F)C7)nc5c3F)N3C[C@H]5CC[C@@H]([C@@H]3[C@@H](C)C4)N5C(=O)OC(C)(C)C)c12. The lowest BCUT2D eigenvalue weighted by Gasteiger charge is -2.49. The van der Waals surface area contributed by atoms with E-state index < -0.39 is 28.9 Å². The number of benzene rings is 2. The van der Waals surface area contributed by atoms with E-state index in [9.17, 15) is 9.18 Å². The van der Waals surface area contributed by atoms with Gasteiger partial charge in [0.2, 0.25) is 0 Å². The van der Waals surface area contributed by atoms with Crippen molar-refractivity contribution < 1.29 is 36.9 Å². The number of hydrogen-bond acceptors (Lipinski definition) is 10. The van der Waals surface area contributed by atoms with Gasteiger partial charge in [0.25, 0.3) is 0 Å². The van der Waals surface area contributed by atoms with Crippen molar-refractivity contribution in [2.45, 2.75) is 102 Å². The fraction of sp³-hybridized carbons (Fsp3) is 0.535. The first-order valence-corrected chi connectivity index (χ1v) is 19.8. The van der Waals surface area contributed by atoms with E-state index >= 15 is 8.78 Å². The molecule has 7 heterocycles. The standard InChI is InChI=1S/C43H47F3N6O5/c1-7-28-30(45)11-9-24-16-27(56-22-54-6)17-29(33(24)28)36-35(46)37-34-31(47-36)15-23(2)38-32-12-10-26(52(32)41(53)57-42(3,4)5)20-51(38)39(34)49-40(48-37)55-21-43-13-8-14-50(43)19-25(44)18-43/h1,9,11,16-17,23,25-26,32,38H,8,10,12-15,18-22H2,2-6H3/t23-,25+,26+,32-,38-,43-/m0/s1. The Labute approximate surface area is 329 Å². The van der Waals surface area contributed by atoms with Crippen LogP contribution < -0.4 is 14.4 Å². The highest BCUT2D eigenvalue weighted by molar-refractivity contribution is 6.03. The van der Waals surface area contributed by atoms with Gasteiger partial charge < -0.3 is 23.8 Å². The number of carbonyl (C=O) groups is 1. The largest absolute Gasteiger partial charge is 0.468 e. The Morgan fingerprint density at radius 2 is 1.91 bits per heavy atom. The summed E-state index contributed by atoms with van der Waals surface area (Å²) in [6, 6.07) is 5.51. The zero-order valence-corrected chi connectivity index (χ0v) is 32.9. The summed E-state index contributed by atoms with van der Waals surface area (Å²) in [5.74, 6) is 1.81. The molecule has 2 bridgehead atoms.